The third kappa shape index (κ3) is 4.94. The first kappa shape index (κ1) is 19.5. The van der Waals surface area contributed by atoms with Crippen molar-refractivity contribution in [3.63, 3.8) is 0 Å². The largest absolute Gasteiger partial charge is 0.325 e. The highest BCUT2D eigenvalue weighted by Crippen LogP contribution is 2.15. The van der Waals surface area contributed by atoms with Crippen LogP contribution < -0.4 is 10.2 Å². The molecule has 0 unspecified atom stereocenters. The van der Waals surface area contributed by atoms with Gasteiger partial charge in [-0.25, -0.2) is 8.42 Å². The average molecular weight is 389 g/mol. The second-order valence-corrected chi connectivity index (χ2v) is 9.01. The Morgan fingerprint density at radius 2 is 1.63 bits per heavy atom. The van der Waals surface area contributed by atoms with Gasteiger partial charge in [0.05, 0.1) is 31.1 Å². The minimum absolute atomic E-state index is 0.0469. The van der Waals surface area contributed by atoms with E-state index >= 15 is 0 Å². The van der Waals surface area contributed by atoms with Crippen LogP contribution in [0.5, 0.6) is 0 Å². The Balaban J connectivity index is 1.54. The molecule has 7 heteroatoms. The summed E-state index contributed by atoms with van der Waals surface area (Å²) in [6, 6.07) is 14.5. The summed E-state index contributed by atoms with van der Waals surface area (Å²) in [5.41, 5.74) is 3.02. The lowest BCUT2D eigenvalue weighted by molar-refractivity contribution is -0.895. The molecule has 27 heavy (non-hydrogen) atoms. The van der Waals surface area contributed by atoms with Gasteiger partial charge >= 0.3 is 0 Å². The van der Waals surface area contributed by atoms with Gasteiger partial charge in [0, 0.05) is 5.69 Å². The number of piperazine rings is 1. The van der Waals surface area contributed by atoms with E-state index in [2.05, 4.69) is 11.4 Å². The molecule has 2 aromatic carbocycles. The van der Waals surface area contributed by atoms with Gasteiger partial charge < -0.3 is 10.2 Å². The van der Waals surface area contributed by atoms with E-state index < -0.39 is 10.0 Å². The first-order valence-electron chi connectivity index (χ1n) is 9.11. The Labute approximate surface area is 160 Å². The number of aryl methyl sites for hydroxylation is 2. The van der Waals surface area contributed by atoms with Crippen molar-refractivity contribution in [2.45, 2.75) is 18.7 Å². The molecule has 1 aliphatic rings. The second-order valence-electron chi connectivity index (χ2n) is 7.07. The van der Waals surface area contributed by atoms with Crippen LogP contribution in [0.4, 0.5) is 5.69 Å². The third-order valence-corrected chi connectivity index (χ3v) is 6.64. The van der Waals surface area contributed by atoms with Gasteiger partial charge in [-0.3, -0.25) is 4.79 Å². The van der Waals surface area contributed by atoms with Gasteiger partial charge in [-0.1, -0.05) is 24.3 Å². The fourth-order valence-electron chi connectivity index (χ4n) is 3.44. The number of quaternary nitrogens is 1. The Morgan fingerprint density at radius 3 is 2.22 bits per heavy atom. The summed E-state index contributed by atoms with van der Waals surface area (Å²) >= 11 is 0. The van der Waals surface area contributed by atoms with Crippen LogP contribution >= 0.6 is 0 Å². The predicted octanol–water partition coefficient (Wildman–Crippen LogP) is 0.831. The van der Waals surface area contributed by atoms with Crippen molar-refractivity contribution in [1.82, 2.24) is 4.31 Å². The van der Waals surface area contributed by atoms with Crippen LogP contribution in [0, 0.1) is 13.8 Å². The second kappa shape index (κ2) is 8.21. The number of sulfonamides is 1. The van der Waals surface area contributed by atoms with Gasteiger partial charge in [0.25, 0.3) is 5.91 Å². The Bertz CT molecular complexity index is 885. The summed E-state index contributed by atoms with van der Waals surface area (Å²) < 4.78 is 26.8. The maximum Gasteiger partial charge on any atom is 0.279 e. The highest BCUT2D eigenvalue weighted by atomic mass is 32.2. The van der Waals surface area contributed by atoms with Crippen LogP contribution in [0.25, 0.3) is 0 Å². The number of hydrogen-bond acceptors (Lipinski definition) is 3. The SMILES string of the molecule is Cc1cc(C)cc(NC(=O)C[NH+]2CCN(S(=O)(=O)c3ccccc3)CC2)c1. The van der Waals surface area contributed by atoms with E-state index in [1.54, 1.807) is 30.3 Å². The molecule has 0 bridgehead atoms. The van der Waals surface area contributed by atoms with Crippen molar-refractivity contribution in [2.24, 2.45) is 0 Å². The van der Waals surface area contributed by atoms with Crippen molar-refractivity contribution in [3.8, 4) is 0 Å². The topological polar surface area (TPSA) is 70.9 Å². The van der Waals surface area contributed by atoms with Gasteiger partial charge in [0.2, 0.25) is 10.0 Å². The molecule has 144 valence electrons. The molecule has 0 spiro atoms. The molecule has 3 rings (SSSR count). The number of nitrogens with one attached hydrogen (secondary N) is 2. The third-order valence-electron chi connectivity index (χ3n) is 4.73. The normalized spacial score (nSPS) is 16.2. The average Bonchev–Trinajstić information content (AvgIpc) is 2.62. The standard InChI is InChI=1S/C20H25N3O3S/c1-16-12-17(2)14-18(13-16)21-20(24)15-22-8-10-23(11-9-22)27(25,26)19-6-4-3-5-7-19/h3-7,12-14H,8-11,15H2,1-2H3,(H,21,24)/p+1. The molecule has 2 aromatic rings. The van der Waals surface area contributed by atoms with Gasteiger partial charge in [0.1, 0.15) is 0 Å². The van der Waals surface area contributed by atoms with E-state index in [9.17, 15) is 13.2 Å². The molecule has 0 aromatic heterocycles. The van der Waals surface area contributed by atoms with Crippen LogP contribution in [0.3, 0.4) is 0 Å². The molecular weight excluding hydrogens is 362 g/mol. The lowest BCUT2D eigenvalue weighted by Gasteiger charge is -2.31. The highest BCUT2D eigenvalue weighted by Gasteiger charge is 2.30. The Hall–Kier alpha value is -2.22. The molecule has 6 nitrogen and oxygen atoms in total. The van der Waals surface area contributed by atoms with Gasteiger partial charge in [-0.05, 0) is 49.2 Å². The van der Waals surface area contributed by atoms with Gasteiger partial charge in [-0.2, -0.15) is 4.31 Å². The molecule has 2 N–H and O–H groups in total. The fraction of sp³-hybridized carbons (Fsp3) is 0.350. The molecule has 0 radical (unpaired) electrons. The van der Waals surface area contributed by atoms with Crippen LogP contribution in [0.1, 0.15) is 11.1 Å². The van der Waals surface area contributed by atoms with Crippen molar-refractivity contribution in [1.29, 1.82) is 0 Å². The predicted molar refractivity (Wildman–Crippen MR) is 105 cm³/mol. The van der Waals surface area contributed by atoms with Crippen LogP contribution in [0.2, 0.25) is 0 Å². The number of amides is 1. The molecule has 1 heterocycles. The maximum absolute atomic E-state index is 12.7. The van der Waals surface area contributed by atoms with Crippen LogP contribution in [-0.2, 0) is 14.8 Å². The van der Waals surface area contributed by atoms with Crippen LogP contribution in [-0.4, -0.2) is 51.4 Å². The summed E-state index contributed by atoms with van der Waals surface area (Å²) in [6.45, 7) is 6.41. The first-order chi connectivity index (χ1) is 12.8. The highest BCUT2D eigenvalue weighted by molar-refractivity contribution is 7.89. The fourth-order valence-corrected chi connectivity index (χ4v) is 4.90. The summed E-state index contributed by atoms with van der Waals surface area (Å²) in [7, 11) is -3.45. The molecule has 1 fully saturated rings. The summed E-state index contributed by atoms with van der Waals surface area (Å²) in [5.74, 6) is -0.0469. The quantitative estimate of drug-likeness (QED) is 0.797. The Morgan fingerprint density at radius 1 is 1.04 bits per heavy atom. The number of anilines is 1. The van der Waals surface area contributed by atoms with Crippen molar-refractivity contribution >= 4 is 21.6 Å². The lowest BCUT2D eigenvalue weighted by atomic mass is 10.1. The first-order valence-corrected chi connectivity index (χ1v) is 10.6. The van der Waals surface area contributed by atoms with Gasteiger partial charge in [-0.15, -0.1) is 0 Å². The zero-order chi connectivity index (χ0) is 19.4. The summed E-state index contributed by atoms with van der Waals surface area (Å²) in [4.78, 5) is 13.8. The minimum Gasteiger partial charge on any atom is -0.325 e. The molecule has 1 aliphatic heterocycles. The lowest BCUT2D eigenvalue weighted by Crippen LogP contribution is -3.15. The van der Waals surface area contributed by atoms with E-state index in [1.807, 2.05) is 26.0 Å². The zero-order valence-corrected chi connectivity index (χ0v) is 16.6. The number of carbonyl (C=O) groups excluding carboxylic acids is 1. The number of carbonyl (C=O) groups is 1. The Kier molecular flexibility index (Phi) is 5.94. The van der Waals surface area contributed by atoms with Crippen molar-refractivity contribution < 1.29 is 18.1 Å². The summed E-state index contributed by atoms with van der Waals surface area (Å²) in [5, 5.41) is 2.95. The van der Waals surface area contributed by atoms with Gasteiger partial charge in [0.15, 0.2) is 6.54 Å². The molecule has 0 saturated carbocycles. The number of nitrogens with zero attached hydrogens (tertiary/aromatic N) is 1. The van der Waals surface area contributed by atoms with Crippen molar-refractivity contribution in [3.05, 3.63) is 59.7 Å². The van der Waals surface area contributed by atoms with Crippen LogP contribution in [0.15, 0.2) is 53.4 Å². The monoisotopic (exact) mass is 388 g/mol. The van der Waals surface area contributed by atoms with Crippen molar-refractivity contribution in [2.75, 3.05) is 38.0 Å². The number of hydrogen-bond donors (Lipinski definition) is 2. The van der Waals surface area contributed by atoms with E-state index in [4.69, 9.17) is 0 Å². The smallest absolute Gasteiger partial charge is 0.279 e. The van der Waals surface area contributed by atoms with E-state index in [-0.39, 0.29) is 5.91 Å². The molecule has 1 amide bonds. The summed E-state index contributed by atoms with van der Waals surface area (Å²) in [6.07, 6.45) is 0. The number of benzene rings is 2. The number of rotatable bonds is 5. The molecule has 0 atom stereocenters. The molecular formula is C20H26N3O3S+. The van der Waals surface area contributed by atoms with E-state index in [0.717, 1.165) is 21.7 Å². The van der Waals surface area contributed by atoms with E-state index in [0.29, 0.717) is 37.6 Å². The molecule has 1 saturated heterocycles. The molecule has 0 aliphatic carbocycles. The maximum atomic E-state index is 12.7. The zero-order valence-electron chi connectivity index (χ0n) is 15.7. The van der Waals surface area contributed by atoms with E-state index in [1.165, 1.54) is 4.31 Å². The minimum atomic E-state index is -3.45.